The molecule has 0 bridgehead atoms. The number of carbonyl (C=O) groups is 1. The van der Waals surface area contributed by atoms with Gasteiger partial charge in [-0.2, -0.15) is 0 Å². The number of carbonyl (C=O) groups excluding carboxylic acids is 1. The Hall–Kier alpha value is -0.970. The summed E-state index contributed by atoms with van der Waals surface area (Å²) < 4.78 is 4.66. The van der Waals surface area contributed by atoms with E-state index in [0.29, 0.717) is 6.42 Å². The molecule has 0 aliphatic heterocycles. The number of rotatable bonds is 5. The Kier molecular flexibility index (Phi) is 6.51. The van der Waals surface area contributed by atoms with Crippen LogP contribution in [0.5, 0.6) is 0 Å². The molecule has 11 heavy (non-hydrogen) atoms. The Morgan fingerprint density at radius 2 is 2.27 bits per heavy atom. The van der Waals surface area contributed by atoms with Crippen LogP contribution in [-0.4, -0.2) is 12.6 Å². The van der Waals surface area contributed by atoms with Gasteiger partial charge >= 0.3 is 5.97 Å². The van der Waals surface area contributed by atoms with E-state index in [-0.39, 0.29) is 12.6 Å². The number of ether oxygens (including phenoxy) is 1. The molecule has 62 valence electrons. The highest BCUT2D eigenvalue weighted by molar-refractivity contribution is 5.69. The van der Waals surface area contributed by atoms with Crippen LogP contribution in [0.15, 0.2) is 0 Å². The molecule has 0 heterocycles. The van der Waals surface area contributed by atoms with E-state index < -0.39 is 0 Å². The largest absolute Gasteiger partial charge is 0.452 e. The maximum Gasteiger partial charge on any atom is 0.306 e. The lowest BCUT2D eigenvalue weighted by atomic mass is 10.2. The Labute approximate surface area is 67.9 Å². The molecule has 0 fully saturated rings. The third-order valence-electron chi connectivity index (χ3n) is 1.30. The zero-order chi connectivity index (χ0) is 8.53. The first-order valence-corrected chi connectivity index (χ1v) is 3.90. The number of esters is 1. The molecule has 0 aromatic rings. The number of hydrogen-bond acceptors (Lipinski definition) is 2. The Bertz CT molecular complexity index is 144. The summed E-state index contributed by atoms with van der Waals surface area (Å²) in [5.74, 6) is 2.06. The lowest BCUT2D eigenvalue weighted by molar-refractivity contribution is -0.142. The molecule has 0 aromatic carbocycles. The molecular formula is C9H14O2. The molecule has 2 heteroatoms. The van der Waals surface area contributed by atoms with Gasteiger partial charge in [0.1, 0.15) is 0 Å². The van der Waals surface area contributed by atoms with Crippen molar-refractivity contribution < 1.29 is 9.53 Å². The van der Waals surface area contributed by atoms with Crippen molar-refractivity contribution in [2.24, 2.45) is 0 Å². The maximum absolute atomic E-state index is 10.8. The van der Waals surface area contributed by atoms with Crippen LogP contribution in [0.2, 0.25) is 0 Å². The van der Waals surface area contributed by atoms with Crippen LogP contribution in [-0.2, 0) is 9.53 Å². The summed E-state index contributed by atoms with van der Waals surface area (Å²) in [5, 5.41) is 0. The third-order valence-corrected chi connectivity index (χ3v) is 1.30. The molecule has 0 saturated heterocycles. The van der Waals surface area contributed by atoms with E-state index in [1.54, 1.807) is 0 Å². The molecule has 0 amide bonds. The van der Waals surface area contributed by atoms with E-state index in [1.807, 2.05) is 0 Å². The summed E-state index contributed by atoms with van der Waals surface area (Å²) in [5.41, 5.74) is 0. The van der Waals surface area contributed by atoms with Gasteiger partial charge in [-0.3, -0.25) is 4.79 Å². The minimum atomic E-state index is -0.184. The van der Waals surface area contributed by atoms with Crippen molar-refractivity contribution >= 4 is 5.97 Å². The summed E-state index contributed by atoms with van der Waals surface area (Å²) in [6, 6.07) is 0. The summed E-state index contributed by atoms with van der Waals surface area (Å²) in [6.45, 7) is 2.19. The minimum absolute atomic E-state index is 0.102. The van der Waals surface area contributed by atoms with Crippen molar-refractivity contribution in [2.45, 2.75) is 32.6 Å². The molecule has 0 aliphatic carbocycles. The Balaban J connectivity index is 3.17. The maximum atomic E-state index is 10.8. The second kappa shape index (κ2) is 7.14. The van der Waals surface area contributed by atoms with Gasteiger partial charge in [0.15, 0.2) is 6.61 Å². The fraction of sp³-hybridized carbons (Fsp3) is 0.667. The molecule has 0 aromatic heterocycles. The molecule has 0 rings (SSSR count). The SMILES string of the molecule is C#CCOC(=O)CCCCC. The van der Waals surface area contributed by atoms with Crippen LogP contribution < -0.4 is 0 Å². The number of terminal acetylenes is 1. The Morgan fingerprint density at radius 1 is 1.55 bits per heavy atom. The molecule has 0 N–H and O–H groups in total. The molecular weight excluding hydrogens is 140 g/mol. The van der Waals surface area contributed by atoms with E-state index in [2.05, 4.69) is 17.6 Å². The number of unbranched alkanes of at least 4 members (excludes halogenated alkanes) is 2. The van der Waals surface area contributed by atoms with Crippen LogP contribution >= 0.6 is 0 Å². The molecule has 0 radical (unpaired) electrons. The van der Waals surface area contributed by atoms with Gasteiger partial charge in [0.2, 0.25) is 0 Å². The van der Waals surface area contributed by atoms with Crippen molar-refractivity contribution in [3.63, 3.8) is 0 Å². The van der Waals surface area contributed by atoms with Crippen LogP contribution in [0.4, 0.5) is 0 Å². The minimum Gasteiger partial charge on any atom is -0.452 e. The van der Waals surface area contributed by atoms with E-state index in [1.165, 1.54) is 0 Å². The van der Waals surface area contributed by atoms with Crippen molar-refractivity contribution in [2.75, 3.05) is 6.61 Å². The topological polar surface area (TPSA) is 26.3 Å². The fourth-order valence-electron chi connectivity index (χ4n) is 0.714. The van der Waals surface area contributed by atoms with Crippen molar-refractivity contribution in [1.29, 1.82) is 0 Å². The van der Waals surface area contributed by atoms with Crippen LogP contribution in [0, 0.1) is 12.3 Å². The summed E-state index contributed by atoms with van der Waals surface area (Å²) in [6.07, 6.45) is 8.49. The third kappa shape index (κ3) is 6.92. The fourth-order valence-corrected chi connectivity index (χ4v) is 0.714. The average molecular weight is 154 g/mol. The lowest BCUT2D eigenvalue weighted by Crippen LogP contribution is -2.03. The standard InChI is InChI=1S/C9H14O2/c1-3-5-6-7-9(10)11-8-4-2/h2H,3,5-8H2,1H3. The predicted octanol–water partition coefficient (Wildman–Crippen LogP) is 1.74. The van der Waals surface area contributed by atoms with E-state index >= 15 is 0 Å². The molecule has 0 spiro atoms. The smallest absolute Gasteiger partial charge is 0.306 e. The molecule has 0 unspecified atom stereocenters. The van der Waals surface area contributed by atoms with Gasteiger partial charge in [0.05, 0.1) is 0 Å². The zero-order valence-corrected chi connectivity index (χ0v) is 6.93. The van der Waals surface area contributed by atoms with Crippen LogP contribution in [0.3, 0.4) is 0 Å². The average Bonchev–Trinajstić information content (AvgIpc) is 2.01. The van der Waals surface area contributed by atoms with Crippen molar-refractivity contribution in [1.82, 2.24) is 0 Å². The van der Waals surface area contributed by atoms with Crippen LogP contribution in [0.1, 0.15) is 32.6 Å². The first-order valence-electron chi connectivity index (χ1n) is 3.90. The highest BCUT2D eigenvalue weighted by atomic mass is 16.5. The van der Waals surface area contributed by atoms with Crippen LogP contribution in [0.25, 0.3) is 0 Å². The Morgan fingerprint density at radius 3 is 2.82 bits per heavy atom. The summed E-state index contributed by atoms with van der Waals surface area (Å²) in [7, 11) is 0. The van der Waals surface area contributed by atoms with Gasteiger partial charge < -0.3 is 4.74 Å². The van der Waals surface area contributed by atoms with Gasteiger partial charge in [-0.05, 0) is 6.42 Å². The highest BCUT2D eigenvalue weighted by Gasteiger charge is 1.99. The normalized spacial score (nSPS) is 8.73. The van der Waals surface area contributed by atoms with E-state index in [0.717, 1.165) is 19.3 Å². The van der Waals surface area contributed by atoms with Crippen molar-refractivity contribution in [3.05, 3.63) is 0 Å². The van der Waals surface area contributed by atoms with Crippen molar-refractivity contribution in [3.8, 4) is 12.3 Å². The second-order valence-corrected chi connectivity index (χ2v) is 2.32. The summed E-state index contributed by atoms with van der Waals surface area (Å²) >= 11 is 0. The quantitative estimate of drug-likeness (QED) is 0.342. The van der Waals surface area contributed by atoms with Gasteiger partial charge in [-0.15, -0.1) is 6.42 Å². The first kappa shape index (κ1) is 10.0. The predicted molar refractivity (Wildman–Crippen MR) is 43.9 cm³/mol. The van der Waals surface area contributed by atoms with E-state index in [4.69, 9.17) is 6.42 Å². The number of hydrogen-bond donors (Lipinski definition) is 0. The second-order valence-electron chi connectivity index (χ2n) is 2.32. The monoisotopic (exact) mass is 154 g/mol. The first-order chi connectivity index (χ1) is 5.31. The molecule has 2 nitrogen and oxygen atoms in total. The zero-order valence-electron chi connectivity index (χ0n) is 6.93. The van der Waals surface area contributed by atoms with Gasteiger partial charge in [0, 0.05) is 6.42 Å². The van der Waals surface area contributed by atoms with Gasteiger partial charge in [-0.1, -0.05) is 25.7 Å². The lowest BCUT2D eigenvalue weighted by Gasteiger charge is -1.98. The van der Waals surface area contributed by atoms with Gasteiger partial charge in [0.25, 0.3) is 0 Å². The highest BCUT2D eigenvalue weighted by Crippen LogP contribution is 1.99. The molecule has 0 aliphatic rings. The molecule has 0 saturated carbocycles. The van der Waals surface area contributed by atoms with E-state index in [9.17, 15) is 4.79 Å². The summed E-state index contributed by atoms with van der Waals surface area (Å²) in [4.78, 5) is 10.8. The molecule has 0 atom stereocenters. The van der Waals surface area contributed by atoms with Gasteiger partial charge in [-0.25, -0.2) is 0 Å².